The van der Waals surface area contributed by atoms with Gasteiger partial charge in [0.2, 0.25) is 5.91 Å². The van der Waals surface area contributed by atoms with E-state index in [2.05, 4.69) is 45.7 Å². The largest absolute Gasteiger partial charge is 0.371 e. The van der Waals surface area contributed by atoms with Crippen molar-refractivity contribution in [1.29, 1.82) is 0 Å². The second-order valence-electron chi connectivity index (χ2n) is 9.24. The zero-order valence-corrected chi connectivity index (χ0v) is 18.7. The highest BCUT2D eigenvalue weighted by atomic mass is 35.5. The minimum Gasteiger partial charge on any atom is -0.371 e. The van der Waals surface area contributed by atoms with Gasteiger partial charge in [-0.1, -0.05) is 52.3 Å². The van der Waals surface area contributed by atoms with Gasteiger partial charge in [0.25, 0.3) is 0 Å². The normalized spacial score (nSPS) is 15.5. The lowest BCUT2D eigenvalue weighted by Crippen LogP contribution is -2.29. The molecule has 2 heterocycles. The number of aromatic nitrogens is 2. The highest BCUT2D eigenvalue weighted by molar-refractivity contribution is 6.30. The molecular weight excluding hydrogens is 370 g/mol. The SMILES string of the molecule is CCc1ccc(Cl)cc1-c1nn(C(=O)C(C)CC(C)(C)C)c2c1N(C)CCC2. The third kappa shape index (κ3) is 4.12. The zero-order chi connectivity index (χ0) is 20.6. The van der Waals surface area contributed by atoms with Crippen LogP contribution in [0.5, 0.6) is 0 Å². The Bertz CT molecular complexity index is 879. The number of hydrogen-bond donors (Lipinski definition) is 0. The summed E-state index contributed by atoms with van der Waals surface area (Å²) < 4.78 is 1.69. The Morgan fingerprint density at radius 3 is 2.68 bits per heavy atom. The summed E-state index contributed by atoms with van der Waals surface area (Å²) in [6.45, 7) is 11.6. The van der Waals surface area contributed by atoms with Gasteiger partial charge in [0.15, 0.2) is 0 Å². The van der Waals surface area contributed by atoms with E-state index in [0.29, 0.717) is 5.02 Å². The second-order valence-corrected chi connectivity index (χ2v) is 9.68. The molecule has 0 bridgehead atoms. The monoisotopic (exact) mass is 401 g/mol. The maximum absolute atomic E-state index is 13.3. The van der Waals surface area contributed by atoms with Crippen LogP contribution < -0.4 is 4.90 Å². The molecule has 3 rings (SSSR count). The first-order chi connectivity index (χ1) is 13.1. The molecule has 1 aliphatic heterocycles. The fourth-order valence-corrected chi connectivity index (χ4v) is 4.49. The quantitative estimate of drug-likeness (QED) is 0.643. The molecule has 0 saturated heterocycles. The molecule has 0 spiro atoms. The topological polar surface area (TPSA) is 38.1 Å². The average molecular weight is 402 g/mol. The third-order valence-corrected chi connectivity index (χ3v) is 5.73. The first-order valence-corrected chi connectivity index (χ1v) is 10.7. The number of halogens is 1. The number of fused-ring (bicyclic) bond motifs is 1. The molecule has 4 nitrogen and oxygen atoms in total. The van der Waals surface area contributed by atoms with Crippen LogP contribution in [-0.2, 0) is 12.8 Å². The van der Waals surface area contributed by atoms with Gasteiger partial charge in [0.05, 0.1) is 11.4 Å². The number of carbonyl (C=O) groups excluding carboxylic acids is 1. The first kappa shape index (κ1) is 20.9. The number of rotatable bonds is 4. The molecule has 1 aliphatic rings. The van der Waals surface area contributed by atoms with Gasteiger partial charge >= 0.3 is 0 Å². The highest BCUT2D eigenvalue weighted by Gasteiger charge is 2.31. The summed E-state index contributed by atoms with van der Waals surface area (Å²) in [6.07, 6.45) is 3.64. The smallest absolute Gasteiger partial charge is 0.250 e. The summed E-state index contributed by atoms with van der Waals surface area (Å²) in [5.74, 6) is 0.0156. The van der Waals surface area contributed by atoms with Crippen molar-refractivity contribution in [3.63, 3.8) is 0 Å². The van der Waals surface area contributed by atoms with Crippen LogP contribution >= 0.6 is 11.6 Å². The Kier molecular flexibility index (Phi) is 5.90. The lowest BCUT2D eigenvalue weighted by molar-refractivity contribution is 0.0789. The van der Waals surface area contributed by atoms with E-state index in [9.17, 15) is 4.79 Å². The van der Waals surface area contributed by atoms with E-state index in [-0.39, 0.29) is 17.2 Å². The van der Waals surface area contributed by atoms with E-state index in [1.807, 2.05) is 19.1 Å². The number of benzene rings is 1. The molecule has 0 saturated carbocycles. The fourth-order valence-electron chi connectivity index (χ4n) is 4.32. The van der Waals surface area contributed by atoms with Gasteiger partial charge in [-0.2, -0.15) is 5.10 Å². The van der Waals surface area contributed by atoms with Crippen molar-refractivity contribution in [2.24, 2.45) is 11.3 Å². The molecule has 2 aromatic rings. The maximum atomic E-state index is 13.3. The van der Waals surface area contributed by atoms with Crippen molar-refractivity contribution in [2.75, 3.05) is 18.5 Å². The lowest BCUT2D eigenvalue weighted by atomic mass is 9.85. The minimum atomic E-state index is -0.0749. The zero-order valence-electron chi connectivity index (χ0n) is 18.0. The van der Waals surface area contributed by atoms with Gasteiger partial charge < -0.3 is 4.90 Å². The van der Waals surface area contributed by atoms with E-state index in [0.717, 1.165) is 54.9 Å². The van der Waals surface area contributed by atoms with E-state index in [1.54, 1.807) is 4.68 Å². The van der Waals surface area contributed by atoms with Crippen molar-refractivity contribution in [3.05, 3.63) is 34.5 Å². The van der Waals surface area contributed by atoms with Crippen LogP contribution in [-0.4, -0.2) is 29.3 Å². The fraction of sp³-hybridized carbons (Fsp3) is 0.565. The van der Waals surface area contributed by atoms with Crippen molar-refractivity contribution in [1.82, 2.24) is 9.78 Å². The molecule has 1 unspecified atom stereocenters. The van der Waals surface area contributed by atoms with Crippen LogP contribution in [0.4, 0.5) is 5.69 Å². The van der Waals surface area contributed by atoms with E-state index in [4.69, 9.17) is 16.7 Å². The van der Waals surface area contributed by atoms with Crippen LogP contribution in [0, 0.1) is 11.3 Å². The van der Waals surface area contributed by atoms with E-state index < -0.39 is 0 Å². The van der Waals surface area contributed by atoms with Crippen LogP contribution in [0.1, 0.15) is 63.5 Å². The molecule has 0 radical (unpaired) electrons. The third-order valence-electron chi connectivity index (χ3n) is 5.50. The Balaban J connectivity index is 2.14. The van der Waals surface area contributed by atoms with E-state index >= 15 is 0 Å². The number of aryl methyl sites for hydroxylation is 1. The van der Waals surface area contributed by atoms with Crippen LogP contribution in [0.25, 0.3) is 11.3 Å². The minimum absolute atomic E-state index is 0.0749. The summed E-state index contributed by atoms with van der Waals surface area (Å²) in [5, 5.41) is 5.58. The molecule has 0 amide bonds. The predicted molar refractivity (Wildman–Crippen MR) is 118 cm³/mol. The predicted octanol–water partition coefficient (Wildman–Crippen LogP) is 5.86. The molecule has 5 heteroatoms. The number of carbonyl (C=O) groups is 1. The lowest BCUT2D eigenvalue weighted by Gasteiger charge is -2.27. The Morgan fingerprint density at radius 2 is 2.04 bits per heavy atom. The molecule has 0 aliphatic carbocycles. The average Bonchev–Trinajstić information content (AvgIpc) is 3.00. The number of anilines is 1. The summed E-state index contributed by atoms with van der Waals surface area (Å²) in [7, 11) is 2.09. The molecule has 1 aromatic heterocycles. The Labute approximate surface area is 173 Å². The molecular formula is C23H32ClN3O. The molecule has 28 heavy (non-hydrogen) atoms. The Morgan fingerprint density at radius 1 is 1.32 bits per heavy atom. The number of hydrogen-bond acceptors (Lipinski definition) is 3. The summed E-state index contributed by atoms with van der Waals surface area (Å²) >= 11 is 6.32. The standard InChI is InChI=1S/C23H32ClN3O/c1-7-16-10-11-17(24)13-18(16)20-21-19(9-8-12-26(21)6)27(25-20)22(28)15(2)14-23(3,4)5/h10-11,13,15H,7-9,12,14H2,1-6H3. The van der Waals surface area contributed by atoms with Gasteiger partial charge in [-0.15, -0.1) is 0 Å². The molecule has 152 valence electrons. The molecule has 0 fully saturated rings. The molecule has 0 N–H and O–H groups in total. The first-order valence-electron chi connectivity index (χ1n) is 10.3. The van der Waals surface area contributed by atoms with Gasteiger partial charge in [0.1, 0.15) is 5.69 Å². The summed E-state index contributed by atoms with van der Waals surface area (Å²) in [6, 6.07) is 5.97. The maximum Gasteiger partial charge on any atom is 0.250 e. The van der Waals surface area contributed by atoms with E-state index in [1.165, 1.54) is 5.56 Å². The van der Waals surface area contributed by atoms with Gasteiger partial charge in [-0.25, -0.2) is 4.68 Å². The van der Waals surface area contributed by atoms with Crippen molar-refractivity contribution >= 4 is 23.2 Å². The second kappa shape index (κ2) is 7.90. The molecule has 1 atom stereocenters. The van der Waals surface area contributed by atoms with Gasteiger partial charge in [-0.3, -0.25) is 4.79 Å². The van der Waals surface area contributed by atoms with Gasteiger partial charge in [-0.05, 0) is 48.8 Å². The van der Waals surface area contributed by atoms with Crippen LogP contribution in [0.3, 0.4) is 0 Å². The van der Waals surface area contributed by atoms with Gasteiger partial charge in [0, 0.05) is 30.1 Å². The highest BCUT2D eigenvalue weighted by Crippen LogP contribution is 2.39. The molecule has 1 aromatic carbocycles. The van der Waals surface area contributed by atoms with Crippen LogP contribution in [0.2, 0.25) is 5.02 Å². The number of nitrogens with zero attached hydrogens (tertiary/aromatic N) is 3. The van der Waals surface area contributed by atoms with Crippen molar-refractivity contribution < 1.29 is 4.79 Å². The van der Waals surface area contributed by atoms with Crippen molar-refractivity contribution in [2.45, 2.75) is 60.3 Å². The van der Waals surface area contributed by atoms with Crippen molar-refractivity contribution in [3.8, 4) is 11.3 Å². The van der Waals surface area contributed by atoms with Crippen LogP contribution in [0.15, 0.2) is 18.2 Å². The Hall–Kier alpha value is -1.81. The summed E-state index contributed by atoms with van der Waals surface area (Å²) in [4.78, 5) is 15.6. The summed E-state index contributed by atoms with van der Waals surface area (Å²) in [5.41, 5.74) is 5.34.